The third kappa shape index (κ3) is 6.71. The SMILES string of the molecule is C[C@H](N)C(=O)N(C(=O)[C@@H](N)CCC(N)=O)[C@@H](CCC(N)=O)C(=O)O. The van der Waals surface area contributed by atoms with Crippen LogP contribution in [0.3, 0.4) is 0 Å². The van der Waals surface area contributed by atoms with Crippen LogP contribution in [-0.2, 0) is 24.0 Å². The number of primary amides is 2. The van der Waals surface area contributed by atoms with E-state index in [9.17, 15) is 29.1 Å². The molecule has 0 aromatic heterocycles. The first-order chi connectivity index (χ1) is 11.0. The van der Waals surface area contributed by atoms with Crippen LogP contribution in [0.25, 0.3) is 0 Å². The molecule has 0 aromatic carbocycles. The number of nitrogens with two attached hydrogens (primary N) is 4. The molecule has 0 aliphatic carbocycles. The van der Waals surface area contributed by atoms with E-state index in [0.29, 0.717) is 4.90 Å². The van der Waals surface area contributed by atoms with Crippen LogP contribution < -0.4 is 22.9 Å². The lowest BCUT2D eigenvalue weighted by molar-refractivity contribution is -0.159. The maximum absolute atomic E-state index is 12.4. The summed E-state index contributed by atoms with van der Waals surface area (Å²) in [5.74, 6) is -4.99. The first kappa shape index (κ1) is 21.5. The molecule has 0 aliphatic heterocycles. The van der Waals surface area contributed by atoms with E-state index in [2.05, 4.69) is 0 Å². The molecule has 0 rings (SSSR count). The molecule has 0 saturated carbocycles. The van der Waals surface area contributed by atoms with Gasteiger partial charge in [0, 0.05) is 12.8 Å². The summed E-state index contributed by atoms with van der Waals surface area (Å²) in [5.41, 5.74) is 21.0. The van der Waals surface area contributed by atoms with Crippen molar-refractivity contribution in [2.45, 2.75) is 50.7 Å². The molecule has 9 N–H and O–H groups in total. The van der Waals surface area contributed by atoms with E-state index in [4.69, 9.17) is 22.9 Å². The fourth-order valence-corrected chi connectivity index (χ4v) is 1.88. The molecule has 0 fully saturated rings. The van der Waals surface area contributed by atoms with Gasteiger partial charge in [0.15, 0.2) is 0 Å². The zero-order chi connectivity index (χ0) is 19.0. The Bertz CT molecular complexity index is 521. The third-order valence-electron chi connectivity index (χ3n) is 3.14. The number of amides is 4. The molecule has 0 aromatic rings. The lowest BCUT2D eigenvalue weighted by Gasteiger charge is -2.30. The first-order valence-electron chi connectivity index (χ1n) is 7.16. The average molecular weight is 345 g/mol. The van der Waals surface area contributed by atoms with E-state index < -0.39 is 47.7 Å². The minimum atomic E-state index is -1.65. The Kier molecular flexibility index (Phi) is 8.56. The number of carbonyl (C=O) groups excluding carboxylic acids is 4. The van der Waals surface area contributed by atoms with Gasteiger partial charge in [0.05, 0.1) is 12.1 Å². The maximum atomic E-state index is 12.4. The number of aliphatic carboxylic acids is 1. The lowest BCUT2D eigenvalue weighted by Crippen LogP contribution is -2.58. The van der Waals surface area contributed by atoms with E-state index in [1.54, 1.807) is 0 Å². The van der Waals surface area contributed by atoms with Crippen molar-refractivity contribution in [3.8, 4) is 0 Å². The lowest BCUT2D eigenvalue weighted by atomic mass is 10.0. The molecule has 0 bridgehead atoms. The van der Waals surface area contributed by atoms with Gasteiger partial charge in [0.2, 0.25) is 23.6 Å². The zero-order valence-corrected chi connectivity index (χ0v) is 13.3. The Labute approximate surface area is 138 Å². The monoisotopic (exact) mass is 345 g/mol. The summed E-state index contributed by atoms with van der Waals surface area (Å²) in [7, 11) is 0. The Morgan fingerprint density at radius 2 is 1.38 bits per heavy atom. The van der Waals surface area contributed by atoms with E-state index in [1.807, 2.05) is 0 Å². The van der Waals surface area contributed by atoms with Crippen molar-refractivity contribution in [3.63, 3.8) is 0 Å². The van der Waals surface area contributed by atoms with Crippen LogP contribution >= 0.6 is 0 Å². The Balaban J connectivity index is 5.50. The highest BCUT2D eigenvalue weighted by molar-refractivity contribution is 6.03. The third-order valence-corrected chi connectivity index (χ3v) is 3.14. The van der Waals surface area contributed by atoms with E-state index in [-0.39, 0.29) is 25.7 Å². The summed E-state index contributed by atoms with van der Waals surface area (Å²) in [6.07, 6.45) is -1.12. The minimum Gasteiger partial charge on any atom is -0.480 e. The Morgan fingerprint density at radius 3 is 1.75 bits per heavy atom. The predicted molar refractivity (Wildman–Crippen MR) is 81.8 cm³/mol. The number of imide groups is 1. The molecule has 0 radical (unpaired) electrons. The second-order valence-corrected chi connectivity index (χ2v) is 5.31. The molecule has 0 unspecified atom stereocenters. The number of carbonyl (C=O) groups is 5. The smallest absolute Gasteiger partial charge is 0.326 e. The normalized spacial score (nSPS) is 14.3. The topological polar surface area (TPSA) is 213 Å². The van der Waals surface area contributed by atoms with Crippen molar-refractivity contribution in [1.82, 2.24) is 4.90 Å². The van der Waals surface area contributed by atoms with Gasteiger partial charge in [0.25, 0.3) is 0 Å². The number of hydrogen-bond acceptors (Lipinski definition) is 7. The van der Waals surface area contributed by atoms with Gasteiger partial charge >= 0.3 is 5.97 Å². The molecule has 0 heterocycles. The molecule has 0 saturated heterocycles. The second kappa shape index (κ2) is 9.57. The van der Waals surface area contributed by atoms with Crippen LogP contribution in [0.5, 0.6) is 0 Å². The van der Waals surface area contributed by atoms with Gasteiger partial charge in [-0.15, -0.1) is 0 Å². The fourth-order valence-electron chi connectivity index (χ4n) is 1.88. The molecule has 24 heavy (non-hydrogen) atoms. The largest absolute Gasteiger partial charge is 0.480 e. The van der Waals surface area contributed by atoms with Crippen molar-refractivity contribution < 1.29 is 29.1 Å². The highest BCUT2D eigenvalue weighted by atomic mass is 16.4. The highest BCUT2D eigenvalue weighted by Crippen LogP contribution is 2.13. The average Bonchev–Trinajstić information content (AvgIpc) is 2.46. The van der Waals surface area contributed by atoms with Gasteiger partial charge in [-0.25, -0.2) is 4.79 Å². The fraction of sp³-hybridized carbons (Fsp3) is 0.615. The van der Waals surface area contributed by atoms with Gasteiger partial charge in [-0.2, -0.15) is 0 Å². The number of rotatable bonds is 10. The van der Waals surface area contributed by atoms with Crippen molar-refractivity contribution in [2.24, 2.45) is 22.9 Å². The van der Waals surface area contributed by atoms with Crippen LogP contribution in [0.15, 0.2) is 0 Å². The van der Waals surface area contributed by atoms with E-state index >= 15 is 0 Å². The van der Waals surface area contributed by atoms with Crippen LogP contribution in [0.1, 0.15) is 32.6 Å². The van der Waals surface area contributed by atoms with Crippen LogP contribution in [0.4, 0.5) is 0 Å². The van der Waals surface area contributed by atoms with Gasteiger partial charge < -0.3 is 28.0 Å². The highest BCUT2D eigenvalue weighted by Gasteiger charge is 2.38. The van der Waals surface area contributed by atoms with Crippen LogP contribution in [0, 0.1) is 0 Å². The van der Waals surface area contributed by atoms with Crippen molar-refractivity contribution >= 4 is 29.6 Å². The first-order valence-corrected chi connectivity index (χ1v) is 7.16. The molecule has 3 atom stereocenters. The molecule has 4 amide bonds. The van der Waals surface area contributed by atoms with E-state index in [0.717, 1.165) is 0 Å². The summed E-state index contributed by atoms with van der Waals surface area (Å²) >= 11 is 0. The summed E-state index contributed by atoms with van der Waals surface area (Å²) in [6, 6.07) is -4.15. The molecule has 136 valence electrons. The standard InChI is InChI=1S/C13H23N5O6/c1-6(14)11(21)18(8(13(23)24)3-5-10(17)20)12(22)7(15)2-4-9(16)19/h6-8H,2-5,14-15H2,1H3,(H2,16,19)(H2,17,20)(H,23,24)/t6-,7-,8-/m0/s1. The summed E-state index contributed by atoms with van der Waals surface area (Å²) in [5, 5.41) is 9.28. The molecule has 0 aliphatic rings. The summed E-state index contributed by atoms with van der Waals surface area (Å²) in [6.45, 7) is 1.27. The number of carboxylic acids is 1. The van der Waals surface area contributed by atoms with E-state index in [1.165, 1.54) is 6.92 Å². The molecule has 11 heteroatoms. The number of hydrogen-bond donors (Lipinski definition) is 5. The van der Waals surface area contributed by atoms with Crippen LogP contribution in [0.2, 0.25) is 0 Å². The maximum Gasteiger partial charge on any atom is 0.326 e. The summed E-state index contributed by atoms with van der Waals surface area (Å²) < 4.78 is 0. The number of carboxylic acid groups (broad SMARTS) is 1. The van der Waals surface area contributed by atoms with Gasteiger partial charge in [-0.05, 0) is 19.8 Å². The molecular formula is C13H23N5O6. The van der Waals surface area contributed by atoms with Gasteiger partial charge in [0.1, 0.15) is 6.04 Å². The van der Waals surface area contributed by atoms with Crippen LogP contribution in [-0.4, -0.2) is 57.7 Å². The number of nitrogens with zero attached hydrogens (tertiary/aromatic N) is 1. The van der Waals surface area contributed by atoms with Crippen molar-refractivity contribution in [1.29, 1.82) is 0 Å². The Morgan fingerprint density at radius 1 is 0.917 bits per heavy atom. The molecule has 11 nitrogen and oxygen atoms in total. The quantitative estimate of drug-likeness (QED) is 0.274. The predicted octanol–water partition coefficient (Wildman–Crippen LogP) is -3.00. The minimum absolute atomic E-state index is 0.168. The second-order valence-electron chi connectivity index (χ2n) is 5.31. The van der Waals surface area contributed by atoms with Gasteiger partial charge in [-0.3, -0.25) is 24.1 Å². The van der Waals surface area contributed by atoms with Gasteiger partial charge in [-0.1, -0.05) is 0 Å². The molecular weight excluding hydrogens is 322 g/mol. The molecule has 0 spiro atoms. The Hall–Kier alpha value is -2.53. The zero-order valence-electron chi connectivity index (χ0n) is 13.3. The van der Waals surface area contributed by atoms with Crippen molar-refractivity contribution in [2.75, 3.05) is 0 Å². The summed E-state index contributed by atoms with van der Waals surface area (Å²) in [4.78, 5) is 58.0. The van der Waals surface area contributed by atoms with Crippen molar-refractivity contribution in [3.05, 3.63) is 0 Å².